The number of nitrogens with zero attached hydrogens (tertiary/aromatic N) is 2. The molecule has 2 atom stereocenters. The van der Waals surface area contributed by atoms with Crippen LogP contribution in [-0.4, -0.2) is 56.4 Å². The zero-order valence-corrected chi connectivity index (χ0v) is 14.6. The third-order valence-electron chi connectivity index (χ3n) is 4.51. The van der Waals surface area contributed by atoms with E-state index in [1.807, 2.05) is 12.3 Å². The molecule has 0 saturated carbocycles. The molecule has 1 aromatic heterocycles. The Balaban J connectivity index is 1.65. The lowest BCUT2D eigenvalue weighted by Crippen LogP contribution is -2.53. The Morgan fingerprint density at radius 1 is 1.59 bits per heavy atom. The molecular weight excluding hydrogens is 324 g/mol. The van der Waals surface area contributed by atoms with Gasteiger partial charge >= 0.3 is 0 Å². The molecule has 8 heteroatoms. The van der Waals surface area contributed by atoms with Gasteiger partial charge in [-0.3, -0.25) is 0 Å². The second kappa shape index (κ2) is 6.16. The Bertz CT molecular complexity index is 631. The first-order valence-corrected chi connectivity index (χ1v) is 10.2. The van der Waals surface area contributed by atoms with Crippen LogP contribution in [0.25, 0.3) is 0 Å². The van der Waals surface area contributed by atoms with Gasteiger partial charge in [-0.1, -0.05) is 0 Å². The van der Waals surface area contributed by atoms with E-state index in [2.05, 4.69) is 4.98 Å². The zero-order chi connectivity index (χ0) is 15.8. The van der Waals surface area contributed by atoms with E-state index in [0.717, 1.165) is 23.5 Å². The topological polar surface area (TPSA) is 68.7 Å². The van der Waals surface area contributed by atoms with Gasteiger partial charge in [-0.15, -0.1) is 11.3 Å². The molecule has 2 fully saturated rings. The van der Waals surface area contributed by atoms with Crippen molar-refractivity contribution in [2.45, 2.75) is 32.5 Å². The van der Waals surface area contributed by atoms with Gasteiger partial charge in [0, 0.05) is 30.5 Å². The Kier molecular flexibility index (Phi) is 4.57. The number of fused-ring (bicyclic) bond motifs is 1. The lowest BCUT2D eigenvalue weighted by atomic mass is 9.78. The van der Waals surface area contributed by atoms with Crippen molar-refractivity contribution in [1.29, 1.82) is 0 Å². The number of aromatic nitrogens is 1. The monoisotopic (exact) mass is 346 g/mol. The predicted molar refractivity (Wildman–Crippen MR) is 84.3 cm³/mol. The quantitative estimate of drug-likeness (QED) is 0.806. The van der Waals surface area contributed by atoms with Crippen molar-refractivity contribution in [2.75, 3.05) is 32.6 Å². The summed E-state index contributed by atoms with van der Waals surface area (Å²) in [4.78, 5) is 4.39. The molecular formula is C14H22N2O4S2. The van der Waals surface area contributed by atoms with Crippen molar-refractivity contribution in [1.82, 2.24) is 9.29 Å². The van der Waals surface area contributed by atoms with Crippen LogP contribution in [-0.2, 0) is 26.1 Å². The van der Waals surface area contributed by atoms with Crippen LogP contribution in [0.5, 0.6) is 0 Å². The summed E-state index contributed by atoms with van der Waals surface area (Å²) in [5.74, 6) is 0. The maximum Gasteiger partial charge on any atom is 0.211 e. The van der Waals surface area contributed by atoms with Crippen LogP contribution < -0.4 is 0 Å². The molecule has 0 amide bonds. The van der Waals surface area contributed by atoms with Crippen molar-refractivity contribution in [3.05, 3.63) is 16.1 Å². The Hall–Kier alpha value is -0.540. The van der Waals surface area contributed by atoms with Crippen molar-refractivity contribution < 1.29 is 17.9 Å². The molecule has 6 nitrogen and oxygen atoms in total. The summed E-state index contributed by atoms with van der Waals surface area (Å²) in [6.45, 7) is 4.67. The lowest BCUT2D eigenvalue weighted by molar-refractivity contribution is -0.0515. The molecule has 0 radical (unpaired) electrons. The Labute approximate surface area is 135 Å². The molecule has 0 unspecified atom stereocenters. The van der Waals surface area contributed by atoms with E-state index in [1.165, 1.54) is 6.26 Å². The fraction of sp³-hybridized carbons (Fsp3) is 0.786. The van der Waals surface area contributed by atoms with Crippen LogP contribution in [0.2, 0.25) is 0 Å². The van der Waals surface area contributed by atoms with Gasteiger partial charge in [-0.2, -0.15) is 0 Å². The summed E-state index contributed by atoms with van der Waals surface area (Å²) in [6.07, 6.45) is 2.96. The van der Waals surface area contributed by atoms with E-state index in [0.29, 0.717) is 32.9 Å². The van der Waals surface area contributed by atoms with Gasteiger partial charge in [0.1, 0.15) is 0 Å². The minimum atomic E-state index is -3.16. The maximum atomic E-state index is 11.9. The van der Waals surface area contributed by atoms with E-state index < -0.39 is 10.0 Å². The van der Waals surface area contributed by atoms with E-state index in [4.69, 9.17) is 9.47 Å². The lowest BCUT2D eigenvalue weighted by Gasteiger charge is -2.42. The van der Waals surface area contributed by atoms with Gasteiger partial charge in [0.2, 0.25) is 10.0 Å². The number of ether oxygens (including phenoxy) is 2. The third-order valence-corrected chi connectivity index (χ3v) is 6.58. The number of sulfonamides is 1. The van der Waals surface area contributed by atoms with Gasteiger partial charge < -0.3 is 9.47 Å². The number of hydrogen-bond acceptors (Lipinski definition) is 6. The molecule has 3 heterocycles. The van der Waals surface area contributed by atoms with E-state index >= 15 is 0 Å². The maximum absolute atomic E-state index is 11.9. The van der Waals surface area contributed by atoms with Crippen LogP contribution in [0, 0.1) is 12.3 Å². The summed E-state index contributed by atoms with van der Waals surface area (Å²) in [5.41, 5.74) is 0.719. The molecule has 0 N–H and O–H groups in total. The number of thiazole rings is 1. The van der Waals surface area contributed by atoms with Crippen molar-refractivity contribution in [2.24, 2.45) is 5.41 Å². The molecule has 0 spiro atoms. The van der Waals surface area contributed by atoms with E-state index in [1.54, 1.807) is 15.6 Å². The molecule has 0 aromatic carbocycles. The van der Waals surface area contributed by atoms with E-state index in [-0.39, 0.29) is 11.5 Å². The van der Waals surface area contributed by atoms with Crippen LogP contribution in [0.1, 0.15) is 23.5 Å². The van der Waals surface area contributed by atoms with E-state index in [9.17, 15) is 8.42 Å². The smallest absolute Gasteiger partial charge is 0.211 e. The average Bonchev–Trinajstić information content (AvgIpc) is 3.03. The number of piperidine rings is 1. The van der Waals surface area contributed by atoms with Crippen LogP contribution in [0.15, 0.2) is 5.38 Å². The minimum Gasteiger partial charge on any atom is -0.377 e. The van der Waals surface area contributed by atoms with Gasteiger partial charge in [-0.05, 0) is 19.8 Å². The molecule has 0 aliphatic carbocycles. The number of hydrogen-bond donors (Lipinski definition) is 0. The first-order valence-electron chi connectivity index (χ1n) is 7.45. The van der Waals surface area contributed by atoms with Crippen LogP contribution >= 0.6 is 11.3 Å². The minimum absolute atomic E-state index is 0.0997. The highest BCUT2D eigenvalue weighted by Crippen LogP contribution is 2.41. The molecule has 124 valence electrons. The molecule has 1 aromatic rings. The molecule has 0 bridgehead atoms. The molecule has 22 heavy (non-hydrogen) atoms. The van der Waals surface area contributed by atoms with Crippen LogP contribution in [0.3, 0.4) is 0 Å². The summed E-state index contributed by atoms with van der Waals surface area (Å²) in [5, 5.41) is 3.03. The second-order valence-electron chi connectivity index (χ2n) is 6.21. The summed E-state index contributed by atoms with van der Waals surface area (Å²) < 4.78 is 37.0. The van der Waals surface area contributed by atoms with Gasteiger partial charge in [0.25, 0.3) is 0 Å². The summed E-state index contributed by atoms with van der Waals surface area (Å²) in [7, 11) is -3.16. The molecule has 3 rings (SSSR count). The SMILES string of the molecule is Cc1nc(COC[C@]23CCO[C@H]2CCN(S(C)(=O)=O)C3)cs1. The second-order valence-corrected chi connectivity index (χ2v) is 9.25. The fourth-order valence-electron chi connectivity index (χ4n) is 3.33. The fourth-order valence-corrected chi connectivity index (χ4v) is 4.86. The highest BCUT2D eigenvalue weighted by atomic mass is 32.2. The molecule has 2 saturated heterocycles. The third kappa shape index (κ3) is 3.35. The first-order chi connectivity index (χ1) is 10.4. The zero-order valence-electron chi connectivity index (χ0n) is 12.9. The van der Waals surface area contributed by atoms with Crippen LogP contribution in [0.4, 0.5) is 0 Å². The Morgan fingerprint density at radius 3 is 3.09 bits per heavy atom. The highest BCUT2D eigenvalue weighted by molar-refractivity contribution is 7.88. The largest absolute Gasteiger partial charge is 0.377 e. The standard InChI is InChI=1S/C14H22N2O4S2/c1-11-15-12(8-21-11)7-19-10-14-4-6-20-13(14)3-5-16(9-14)22(2,17)18/h8,13H,3-7,9-10H2,1-2H3/t13-,14+/m0/s1. The highest BCUT2D eigenvalue weighted by Gasteiger charge is 2.49. The van der Waals surface area contributed by atoms with Gasteiger partial charge in [0.15, 0.2) is 0 Å². The number of rotatable bonds is 5. The van der Waals surface area contributed by atoms with Gasteiger partial charge in [-0.25, -0.2) is 17.7 Å². The summed E-state index contributed by atoms with van der Waals surface area (Å²) >= 11 is 1.61. The first kappa shape index (κ1) is 16.3. The van der Waals surface area contributed by atoms with Gasteiger partial charge in [0.05, 0.1) is 36.3 Å². The molecule has 2 aliphatic rings. The van der Waals surface area contributed by atoms with Crippen molar-refractivity contribution >= 4 is 21.4 Å². The normalized spacial score (nSPS) is 29.6. The average molecular weight is 346 g/mol. The van der Waals surface area contributed by atoms with Crippen molar-refractivity contribution in [3.63, 3.8) is 0 Å². The summed E-state index contributed by atoms with van der Waals surface area (Å²) in [6, 6.07) is 0. The number of aryl methyl sites for hydroxylation is 1. The Morgan fingerprint density at radius 2 is 2.41 bits per heavy atom. The van der Waals surface area contributed by atoms with Crippen molar-refractivity contribution in [3.8, 4) is 0 Å². The molecule has 2 aliphatic heterocycles. The predicted octanol–water partition coefficient (Wildman–Crippen LogP) is 1.41.